The molecule has 0 aromatic rings. The molecule has 2 atom stereocenters. The van der Waals surface area contributed by atoms with Crippen LogP contribution in [0.3, 0.4) is 0 Å². The Kier molecular flexibility index (Phi) is 8.61. The maximum atomic E-state index is 11.1. The number of hydrogen-bond acceptors (Lipinski definition) is 6. The lowest BCUT2D eigenvalue weighted by molar-refractivity contribution is -0.141. The van der Waals surface area contributed by atoms with E-state index in [9.17, 15) is 9.36 Å². The first-order valence-electron chi connectivity index (χ1n) is 4.70. The van der Waals surface area contributed by atoms with Gasteiger partial charge in [0.05, 0.1) is 19.3 Å². The zero-order valence-electron chi connectivity index (χ0n) is 8.64. The molecule has 0 fully saturated rings. The fraction of sp³-hybridized carbons (Fsp3) is 0.875. The standard InChI is InChI=1S/C8H17O6P/c1-2-7(10)5-14-15(12)6-8(11)13-4-3-9/h7,9-10,15H,2-6H2,1H3. The first kappa shape index (κ1) is 14.6. The molecule has 0 aliphatic rings. The van der Waals surface area contributed by atoms with Gasteiger partial charge in [-0.3, -0.25) is 9.36 Å². The van der Waals surface area contributed by atoms with E-state index in [1.165, 1.54) is 0 Å². The van der Waals surface area contributed by atoms with Crippen LogP contribution in [0.15, 0.2) is 0 Å². The van der Waals surface area contributed by atoms with Crippen LogP contribution in [0.4, 0.5) is 0 Å². The van der Waals surface area contributed by atoms with Gasteiger partial charge >= 0.3 is 5.97 Å². The Morgan fingerprint density at radius 2 is 2.20 bits per heavy atom. The van der Waals surface area contributed by atoms with Gasteiger partial charge in [-0.25, -0.2) is 0 Å². The molecule has 0 radical (unpaired) electrons. The van der Waals surface area contributed by atoms with Gasteiger partial charge in [-0.05, 0) is 6.42 Å². The van der Waals surface area contributed by atoms with E-state index in [0.29, 0.717) is 6.42 Å². The van der Waals surface area contributed by atoms with Crippen LogP contribution in [0.25, 0.3) is 0 Å². The summed E-state index contributed by atoms with van der Waals surface area (Å²) in [5.41, 5.74) is 0. The molecule has 7 heteroatoms. The lowest BCUT2D eigenvalue weighted by atomic mass is 10.3. The number of esters is 1. The smallest absolute Gasteiger partial charge is 0.315 e. The molecule has 15 heavy (non-hydrogen) atoms. The maximum Gasteiger partial charge on any atom is 0.315 e. The quantitative estimate of drug-likeness (QED) is 0.450. The highest BCUT2D eigenvalue weighted by atomic mass is 31.1. The summed E-state index contributed by atoms with van der Waals surface area (Å²) >= 11 is 0. The first-order valence-corrected chi connectivity index (χ1v) is 6.22. The normalized spacial score (nSPS) is 14.6. The zero-order valence-corrected chi connectivity index (χ0v) is 9.64. The van der Waals surface area contributed by atoms with Crippen LogP contribution in [0.1, 0.15) is 13.3 Å². The van der Waals surface area contributed by atoms with Crippen molar-refractivity contribution in [3.63, 3.8) is 0 Å². The van der Waals surface area contributed by atoms with E-state index >= 15 is 0 Å². The zero-order chi connectivity index (χ0) is 11.7. The Morgan fingerprint density at radius 3 is 2.73 bits per heavy atom. The van der Waals surface area contributed by atoms with Gasteiger partial charge in [-0.2, -0.15) is 0 Å². The minimum Gasteiger partial charge on any atom is -0.463 e. The van der Waals surface area contributed by atoms with E-state index in [1.807, 2.05) is 0 Å². The fourth-order valence-corrected chi connectivity index (χ4v) is 1.50. The van der Waals surface area contributed by atoms with Crippen LogP contribution >= 0.6 is 8.03 Å². The monoisotopic (exact) mass is 240 g/mol. The van der Waals surface area contributed by atoms with Crippen molar-refractivity contribution in [3.05, 3.63) is 0 Å². The van der Waals surface area contributed by atoms with Gasteiger partial charge in [0.1, 0.15) is 12.8 Å². The molecule has 0 aliphatic heterocycles. The van der Waals surface area contributed by atoms with Crippen molar-refractivity contribution in [2.45, 2.75) is 19.4 Å². The molecule has 0 bridgehead atoms. The second-order valence-electron chi connectivity index (χ2n) is 2.87. The SMILES string of the molecule is CCC(O)CO[PH](=O)CC(=O)OCCO. The number of carbonyl (C=O) groups excluding carboxylic acids is 1. The Hall–Kier alpha value is -0.420. The Labute approximate surface area is 89.1 Å². The molecular formula is C8H17O6P. The molecule has 0 spiro atoms. The molecule has 0 aromatic carbocycles. The lowest BCUT2D eigenvalue weighted by Gasteiger charge is -2.08. The third-order valence-corrected chi connectivity index (χ3v) is 2.62. The predicted molar refractivity (Wildman–Crippen MR) is 54.2 cm³/mol. The average molecular weight is 240 g/mol. The molecule has 0 aliphatic carbocycles. The fourth-order valence-electron chi connectivity index (χ4n) is 0.686. The molecule has 0 heterocycles. The summed E-state index contributed by atoms with van der Waals surface area (Å²) in [7, 11) is -2.49. The molecule has 0 rings (SSSR count). The maximum absolute atomic E-state index is 11.1. The molecule has 0 aromatic heterocycles. The van der Waals surface area contributed by atoms with Gasteiger partial charge in [0, 0.05) is 0 Å². The van der Waals surface area contributed by atoms with Gasteiger partial charge in [-0.15, -0.1) is 0 Å². The minimum absolute atomic E-state index is 0.0401. The number of ether oxygens (including phenoxy) is 1. The van der Waals surface area contributed by atoms with Crippen molar-refractivity contribution in [1.29, 1.82) is 0 Å². The molecule has 0 saturated carbocycles. The van der Waals surface area contributed by atoms with Crippen molar-refractivity contribution >= 4 is 14.0 Å². The Balaban J connectivity index is 3.60. The van der Waals surface area contributed by atoms with Crippen molar-refractivity contribution in [2.24, 2.45) is 0 Å². The largest absolute Gasteiger partial charge is 0.463 e. The number of hydrogen-bond donors (Lipinski definition) is 2. The van der Waals surface area contributed by atoms with E-state index in [4.69, 9.17) is 14.7 Å². The number of carbonyl (C=O) groups is 1. The second kappa shape index (κ2) is 8.85. The van der Waals surface area contributed by atoms with Crippen molar-refractivity contribution in [2.75, 3.05) is 26.0 Å². The van der Waals surface area contributed by atoms with Gasteiger partial charge in [0.2, 0.25) is 8.03 Å². The highest BCUT2D eigenvalue weighted by Crippen LogP contribution is 2.22. The van der Waals surface area contributed by atoms with Gasteiger partial charge in [-0.1, -0.05) is 6.92 Å². The van der Waals surface area contributed by atoms with Crippen LogP contribution in [0.2, 0.25) is 0 Å². The summed E-state index contributed by atoms with van der Waals surface area (Å²) in [6.07, 6.45) is -0.474. The van der Waals surface area contributed by atoms with Crippen molar-refractivity contribution in [3.8, 4) is 0 Å². The summed E-state index contributed by atoms with van der Waals surface area (Å²) in [5.74, 6) is -0.668. The van der Waals surface area contributed by atoms with Crippen LogP contribution in [-0.4, -0.2) is 48.3 Å². The van der Waals surface area contributed by atoms with E-state index in [-0.39, 0.29) is 26.0 Å². The average Bonchev–Trinajstić information content (AvgIpc) is 2.22. The van der Waals surface area contributed by atoms with Gasteiger partial charge in [0.25, 0.3) is 0 Å². The summed E-state index contributed by atoms with van der Waals surface area (Å²) in [5, 5.41) is 17.4. The van der Waals surface area contributed by atoms with Crippen molar-refractivity contribution < 1.29 is 28.8 Å². The van der Waals surface area contributed by atoms with E-state index < -0.39 is 20.1 Å². The third-order valence-electron chi connectivity index (χ3n) is 1.55. The van der Waals surface area contributed by atoms with E-state index in [2.05, 4.69) is 4.74 Å². The third kappa shape index (κ3) is 8.57. The highest BCUT2D eigenvalue weighted by molar-refractivity contribution is 7.40. The summed E-state index contributed by atoms with van der Waals surface area (Å²) in [4.78, 5) is 10.9. The topological polar surface area (TPSA) is 93.1 Å². The van der Waals surface area contributed by atoms with E-state index in [1.54, 1.807) is 6.92 Å². The predicted octanol–water partition coefficient (Wildman–Crippen LogP) is -0.216. The highest BCUT2D eigenvalue weighted by Gasteiger charge is 2.11. The van der Waals surface area contributed by atoms with Crippen LogP contribution < -0.4 is 0 Å². The number of rotatable bonds is 8. The Morgan fingerprint density at radius 1 is 1.53 bits per heavy atom. The second-order valence-corrected chi connectivity index (χ2v) is 4.25. The summed E-state index contributed by atoms with van der Waals surface area (Å²) < 4.78 is 20.4. The number of aliphatic hydroxyl groups excluding tert-OH is 2. The lowest BCUT2D eigenvalue weighted by Crippen LogP contribution is -2.14. The summed E-state index contributed by atoms with van der Waals surface area (Å²) in [6.45, 7) is 1.36. The molecule has 0 amide bonds. The molecule has 2 unspecified atom stereocenters. The molecular weight excluding hydrogens is 223 g/mol. The Bertz CT molecular complexity index is 207. The first-order chi connectivity index (χ1) is 7.10. The van der Waals surface area contributed by atoms with Crippen LogP contribution in [0.5, 0.6) is 0 Å². The van der Waals surface area contributed by atoms with Gasteiger partial charge < -0.3 is 19.5 Å². The summed E-state index contributed by atoms with van der Waals surface area (Å²) in [6, 6.07) is 0. The van der Waals surface area contributed by atoms with Crippen LogP contribution in [-0.2, 0) is 18.6 Å². The van der Waals surface area contributed by atoms with Crippen molar-refractivity contribution in [1.82, 2.24) is 0 Å². The molecule has 6 nitrogen and oxygen atoms in total. The molecule has 0 saturated heterocycles. The van der Waals surface area contributed by atoms with Crippen LogP contribution in [0, 0.1) is 0 Å². The van der Waals surface area contributed by atoms with Gasteiger partial charge in [0.15, 0.2) is 0 Å². The molecule has 2 N–H and O–H groups in total. The number of aliphatic hydroxyl groups is 2. The van der Waals surface area contributed by atoms with E-state index in [0.717, 1.165) is 0 Å². The molecule has 90 valence electrons. The minimum atomic E-state index is -2.49.